The number of carbonyl (C=O) groups is 1. The molecule has 2 rings (SSSR count). The summed E-state index contributed by atoms with van der Waals surface area (Å²) in [5.74, 6) is 0.721. The summed E-state index contributed by atoms with van der Waals surface area (Å²) in [7, 11) is 1.63. The lowest BCUT2D eigenvalue weighted by atomic mass is 10.1. The molecule has 1 aromatic rings. The summed E-state index contributed by atoms with van der Waals surface area (Å²) in [6.07, 6.45) is 2.54. The smallest absolute Gasteiger partial charge is 0.227 e. The van der Waals surface area contributed by atoms with Gasteiger partial charge in [0.15, 0.2) is 0 Å². The average molecular weight is 292 g/mol. The van der Waals surface area contributed by atoms with E-state index >= 15 is 0 Å². The number of nitrogens with one attached hydrogen (secondary N) is 1. The van der Waals surface area contributed by atoms with E-state index in [4.69, 9.17) is 15.2 Å². The molecule has 21 heavy (non-hydrogen) atoms. The van der Waals surface area contributed by atoms with Crippen LogP contribution in [0.5, 0.6) is 5.75 Å². The molecular weight excluding hydrogens is 268 g/mol. The summed E-state index contributed by atoms with van der Waals surface area (Å²) in [5, 5.41) is 2.97. The van der Waals surface area contributed by atoms with Gasteiger partial charge < -0.3 is 20.5 Å². The van der Waals surface area contributed by atoms with Gasteiger partial charge in [-0.05, 0) is 43.9 Å². The lowest BCUT2D eigenvalue weighted by Gasteiger charge is -2.15. The molecule has 116 valence electrons. The van der Waals surface area contributed by atoms with Crippen LogP contribution in [0.15, 0.2) is 18.2 Å². The summed E-state index contributed by atoms with van der Waals surface area (Å²) in [6.45, 7) is 2.96. The summed E-state index contributed by atoms with van der Waals surface area (Å²) < 4.78 is 10.7. The van der Waals surface area contributed by atoms with Crippen molar-refractivity contribution in [1.82, 2.24) is 0 Å². The SMILES string of the molecule is COCCOc1cc(C)ccc1NC(=O)C1CCC(N)C1. The highest BCUT2D eigenvalue weighted by atomic mass is 16.5. The lowest BCUT2D eigenvalue weighted by molar-refractivity contribution is -0.119. The minimum atomic E-state index is 0.00753. The fraction of sp³-hybridized carbons (Fsp3) is 0.562. The molecule has 0 saturated heterocycles. The van der Waals surface area contributed by atoms with Gasteiger partial charge in [-0.1, -0.05) is 6.07 Å². The third kappa shape index (κ3) is 4.44. The summed E-state index contributed by atoms with van der Waals surface area (Å²) in [4.78, 5) is 12.3. The molecule has 1 aliphatic carbocycles. The van der Waals surface area contributed by atoms with E-state index in [9.17, 15) is 4.79 Å². The van der Waals surface area contributed by atoms with Crippen LogP contribution in [0.2, 0.25) is 0 Å². The Morgan fingerprint density at radius 1 is 1.38 bits per heavy atom. The van der Waals surface area contributed by atoms with Gasteiger partial charge in [-0.2, -0.15) is 0 Å². The second-order valence-corrected chi connectivity index (χ2v) is 5.60. The zero-order chi connectivity index (χ0) is 15.2. The zero-order valence-corrected chi connectivity index (χ0v) is 12.7. The third-order valence-corrected chi connectivity index (χ3v) is 3.78. The van der Waals surface area contributed by atoms with Crippen LogP contribution in [-0.2, 0) is 9.53 Å². The molecule has 0 aliphatic heterocycles. The van der Waals surface area contributed by atoms with E-state index in [-0.39, 0.29) is 17.9 Å². The molecule has 3 N–H and O–H groups in total. The number of rotatable bonds is 6. The first-order valence-corrected chi connectivity index (χ1v) is 7.39. The first kappa shape index (κ1) is 15.8. The van der Waals surface area contributed by atoms with Gasteiger partial charge in [0, 0.05) is 19.1 Å². The Kier molecular flexibility index (Phi) is 5.59. The maximum Gasteiger partial charge on any atom is 0.227 e. The minimum Gasteiger partial charge on any atom is -0.489 e. The van der Waals surface area contributed by atoms with Gasteiger partial charge in [0.2, 0.25) is 5.91 Å². The first-order valence-electron chi connectivity index (χ1n) is 7.39. The maximum absolute atomic E-state index is 12.3. The summed E-state index contributed by atoms with van der Waals surface area (Å²) >= 11 is 0. The Balaban J connectivity index is 2.02. The van der Waals surface area contributed by atoms with Crippen LogP contribution in [0.4, 0.5) is 5.69 Å². The Hall–Kier alpha value is -1.59. The van der Waals surface area contributed by atoms with Gasteiger partial charge in [-0.15, -0.1) is 0 Å². The summed E-state index contributed by atoms with van der Waals surface area (Å²) in [5.41, 5.74) is 7.67. The second kappa shape index (κ2) is 7.43. The predicted molar refractivity (Wildman–Crippen MR) is 82.5 cm³/mol. The largest absolute Gasteiger partial charge is 0.489 e. The Bertz CT molecular complexity index is 490. The van der Waals surface area contributed by atoms with E-state index in [2.05, 4.69) is 5.32 Å². The molecule has 1 aliphatic rings. The summed E-state index contributed by atoms with van der Waals surface area (Å²) in [6, 6.07) is 5.91. The number of ether oxygens (including phenoxy) is 2. The van der Waals surface area contributed by atoms with Crippen LogP contribution in [-0.4, -0.2) is 32.3 Å². The standard InChI is InChI=1S/C16H24N2O3/c1-11-3-6-14(15(9-11)21-8-7-20-2)18-16(19)12-4-5-13(17)10-12/h3,6,9,12-13H,4-5,7-8,10,17H2,1-2H3,(H,18,19). The zero-order valence-electron chi connectivity index (χ0n) is 12.7. The van der Waals surface area contributed by atoms with Crippen molar-refractivity contribution in [1.29, 1.82) is 0 Å². The van der Waals surface area contributed by atoms with Gasteiger partial charge >= 0.3 is 0 Å². The molecule has 0 bridgehead atoms. The van der Waals surface area contributed by atoms with Crippen molar-refractivity contribution in [2.24, 2.45) is 11.7 Å². The van der Waals surface area contributed by atoms with Gasteiger partial charge in [0.05, 0.1) is 12.3 Å². The number of hydrogen-bond donors (Lipinski definition) is 2. The van der Waals surface area contributed by atoms with Crippen LogP contribution in [0.3, 0.4) is 0 Å². The molecule has 1 aromatic carbocycles. The van der Waals surface area contributed by atoms with E-state index < -0.39 is 0 Å². The highest BCUT2D eigenvalue weighted by molar-refractivity contribution is 5.94. The number of benzene rings is 1. The van der Waals surface area contributed by atoms with Crippen LogP contribution < -0.4 is 15.8 Å². The van der Waals surface area contributed by atoms with E-state index in [1.54, 1.807) is 7.11 Å². The number of aryl methyl sites for hydroxylation is 1. The average Bonchev–Trinajstić information content (AvgIpc) is 2.88. The quantitative estimate of drug-likeness (QED) is 0.787. The number of amides is 1. The minimum absolute atomic E-state index is 0.00753. The molecule has 5 nitrogen and oxygen atoms in total. The molecule has 5 heteroatoms. The van der Waals surface area contributed by atoms with E-state index in [0.29, 0.717) is 24.7 Å². The van der Waals surface area contributed by atoms with Gasteiger partial charge in [0.1, 0.15) is 12.4 Å². The first-order chi connectivity index (χ1) is 10.1. The molecule has 2 unspecified atom stereocenters. The molecule has 0 aromatic heterocycles. The molecule has 0 spiro atoms. The number of hydrogen-bond acceptors (Lipinski definition) is 4. The third-order valence-electron chi connectivity index (χ3n) is 3.78. The van der Waals surface area contributed by atoms with Crippen molar-refractivity contribution < 1.29 is 14.3 Å². The normalized spacial score (nSPS) is 21.3. The molecule has 0 radical (unpaired) electrons. The number of carbonyl (C=O) groups excluding carboxylic acids is 1. The van der Waals surface area contributed by atoms with Crippen LogP contribution in [0.25, 0.3) is 0 Å². The van der Waals surface area contributed by atoms with Crippen molar-refractivity contribution in [3.8, 4) is 5.75 Å². The van der Waals surface area contributed by atoms with Crippen LogP contribution in [0.1, 0.15) is 24.8 Å². The Labute approximate surface area is 125 Å². The molecule has 1 amide bonds. The number of nitrogens with two attached hydrogens (primary N) is 1. The molecule has 1 saturated carbocycles. The molecule has 0 heterocycles. The highest BCUT2D eigenvalue weighted by Crippen LogP contribution is 2.29. The second-order valence-electron chi connectivity index (χ2n) is 5.60. The maximum atomic E-state index is 12.3. The predicted octanol–water partition coefficient (Wildman–Crippen LogP) is 2.09. The number of methoxy groups -OCH3 is 1. The van der Waals surface area contributed by atoms with Crippen LogP contribution >= 0.6 is 0 Å². The van der Waals surface area contributed by atoms with E-state index in [1.165, 1.54) is 0 Å². The molecule has 2 atom stereocenters. The Morgan fingerprint density at radius 2 is 2.19 bits per heavy atom. The van der Waals surface area contributed by atoms with Crippen molar-refractivity contribution in [2.75, 3.05) is 25.6 Å². The monoisotopic (exact) mass is 292 g/mol. The van der Waals surface area contributed by atoms with Crippen molar-refractivity contribution in [2.45, 2.75) is 32.2 Å². The van der Waals surface area contributed by atoms with Crippen molar-refractivity contribution in [3.63, 3.8) is 0 Å². The molecule has 1 fully saturated rings. The fourth-order valence-corrected chi connectivity index (χ4v) is 2.58. The fourth-order valence-electron chi connectivity index (χ4n) is 2.58. The molecular formula is C16H24N2O3. The van der Waals surface area contributed by atoms with Gasteiger partial charge in [0.25, 0.3) is 0 Å². The van der Waals surface area contributed by atoms with E-state index in [1.807, 2.05) is 25.1 Å². The van der Waals surface area contributed by atoms with Crippen LogP contribution in [0, 0.1) is 12.8 Å². The Morgan fingerprint density at radius 3 is 2.86 bits per heavy atom. The van der Waals surface area contributed by atoms with Crippen molar-refractivity contribution >= 4 is 11.6 Å². The van der Waals surface area contributed by atoms with Gasteiger partial charge in [-0.25, -0.2) is 0 Å². The highest BCUT2D eigenvalue weighted by Gasteiger charge is 2.28. The van der Waals surface area contributed by atoms with Crippen molar-refractivity contribution in [3.05, 3.63) is 23.8 Å². The topological polar surface area (TPSA) is 73.6 Å². The van der Waals surface area contributed by atoms with Gasteiger partial charge in [-0.3, -0.25) is 4.79 Å². The lowest BCUT2D eigenvalue weighted by Crippen LogP contribution is -2.23. The van der Waals surface area contributed by atoms with E-state index in [0.717, 1.165) is 24.8 Å². The number of anilines is 1.